The smallest absolute Gasteiger partial charge is 0.261 e. The van der Waals surface area contributed by atoms with Gasteiger partial charge in [-0.1, -0.05) is 58.4 Å². The Labute approximate surface area is 173 Å². The van der Waals surface area contributed by atoms with Crippen LogP contribution in [0.3, 0.4) is 0 Å². The average molecular weight is 443 g/mol. The van der Waals surface area contributed by atoms with Crippen LogP contribution >= 0.6 is 27.3 Å². The van der Waals surface area contributed by atoms with Gasteiger partial charge in [-0.15, -0.1) is 11.3 Å². The molecule has 0 aliphatic carbocycles. The van der Waals surface area contributed by atoms with Crippen LogP contribution < -0.4 is 5.32 Å². The number of halogens is 1. The van der Waals surface area contributed by atoms with Crippen molar-refractivity contribution in [3.8, 4) is 10.4 Å². The van der Waals surface area contributed by atoms with Crippen LogP contribution in [0.5, 0.6) is 0 Å². The highest BCUT2D eigenvalue weighted by Gasteiger charge is 2.10. The van der Waals surface area contributed by atoms with E-state index < -0.39 is 0 Å². The number of hydrogen-bond acceptors (Lipinski definition) is 3. The van der Waals surface area contributed by atoms with E-state index in [0.29, 0.717) is 6.54 Å². The van der Waals surface area contributed by atoms with E-state index in [0.717, 1.165) is 39.3 Å². The number of benzene rings is 2. The highest BCUT2D eigenvalue weighted by Crippen LogP contribution is 2.27. The van der Waals surface area contributed by atoms with Gasteiger partial charge in [0.2, 0.25) is 0 Å². The SMILES string of the molecule is CN(CCCNC(=O)c1ccc(-c2ccccc2)s1)Cc1ccc(Br)cc1. The summed E-state index contributed by atoms with van der Waals surface area (Å²) in [4.78, 5) is 16.5. The van der Waals surface area contributed by atoms with Crippen LogP contribution in [0, 0.1) is 0 Å². The van der Waals surface area contributed by atoms with Crippen LogP contribution in [-0.2, 0) is 6.54 Å². The Morgan fingerprint density at radius 1 is 1.04 bits per heavy atom. The molecule has 0 aliphatic heterocycles. The van der Waals surface area contributed by atoms with E-state index in [2.05, 4.69) is 69.6 Å². The molecule has 0 saturated carbocycles. The van der Waals surface area contributed by atoms with E-state index in [1.807, 2.05) is 30.3 Å². The fraction of sp³-hybridized carbons (Fsp3) is 0.227. The Hall–Kier alpha value is -1.95. The van der Waals surface area contributed by atoms with E-state index >= 15 is 0 Å². The molecule has 1 amide bonds. The molecule has 3 nitrogen and oxygen atoms in total. The zero-order valence-corrected chi connectivity index (χ0v) is 17.7. The van der Waals surface area contributed by atoms with Crippen LogP contribution in [-0.4, -0.2) is 30.9 Å². The first kappa shape index (κ1) is 19.8. The van der Waals surface area contributed by atoms with Crippen LogP contribution in [0.25, 0.3) is 10.4 Å². The van der Waals surface area contributed by atoms with E-state index in [9.17, 15) is 4.79 Å². The van der Waals surface area contributed by atoms with Crippen LogP contribution in [0.15, 0.2) is 71.2 Å². The summed E-state index contributed by atoms with van der Waals surface area (Å²) >= 11 is 4.99. The fourth-order valence-corrected chi connectivity index (χ4v) is 4.03. The number of nitrogens with one attached hydrogen (secondary N) is 1. The van der Waals surface area contributed by atoms with E-state index in [1.54, 1.807) is 0 Å². The molecule has 5 heteroatoms. The Bertz CT molecular complexity index is 862. The number of nitrogens with zero attached hydrogens (tertiary/aromatic N) is 1. The molecule has 0 spiro atoms. The van der Waals surface area contributed by atoms with Gasteiger partial charge in [-0.25, -0.2) is 0 Å². The summed E-state index contributed by atoms with van der Waals surface area (Å²) in [6.45, 7) is 2.53. The highest BCUT2D eigenvalue weighted by molar-refractivity contribution is 9.10. The second-order valence-corrected chi connectivity index (χ2v) is 8.50. The van der Waals surface area contributed by atoms with Crippen molar-refractivity contribution in [3.05, 3.63) is 81.6 Å². The molecular formula is C22H23BrN2OS. The van der Waals surface area contributed by atoms with Crippen molar-refractivity contribution in [2.24, 2.45) is 0 Å². The van der Waals surface area contributed by atoms with Gasteiger partial charge >= 0.3 is 0 Å². The maximum Gasteiger partial charge on any atom is 0.261 e. The summed E-state index contributed by atoms with van der Waals surface area (Å²) in [6.07, 6.45) is 0.926. The number of carbonyl (C=O) groups excluding carboxylic acids is 1. The number of amides is 1. The lowest BCUT2D eigenvalue weighted by Gasteiger charge is -2.16. The Morgan fingerprint density at radius 3 is 2.52 bits per heavy atom. The van der Waals surface area contributed by atoms with Gasteiger partial charge < -0.3 is 10.2 Å². The van der Waals surface area contributed by atoms with Crippen LogP contribution in [0.2, 0.25) is 0 Å². The zero-order chi connectivity index (χ0) is 19.1. The third-order valence-corrected chi connectivity index (χ3v) is 5.92. The molecule has 0 radical (unpaired) electrons. The first-order valence-corrected chi connectivity index (χ1v) is 10.6. The molecule has 2 aromatic carbocycles. The quantitative estimate of drug-likeness (QED) is 0.471. The molecule has 0 atom stereocenters. The van der Waals surface area contributed by atoms with Crippen molar-refractivity contribution in [3.63, 3.8) is 0 Å². The Balaban J connectivity index is 1.40. The van der Waals surface area contributed by atoms with Crippen molar-refractivity contribution in [1.29, 1.82) is 0 Å². The maximum absolute atomic E-state index is 12.3. The van der Waals surface area contributed by atoms with Gasteiger partial charge in [0, 0.05) is 22.4 Å². The summed E-state index contributed by atoms with van der Waals surface area (Å²) in [5, 5.41) is 3.03. The van der Waals surface area contributed by atoms with Gasteiger partial charge in [0.1, 0.15) is 0 Å². The largest absolute Gasteiger partial charge is 0.351 e. The number of hydrogen-bond donors (Lipinski definition) is 1. The number of carbonyl (C=O) groups is 1. The number of rotatable bonds is 8. The average Bonchev–Trinajstić information content (AvgIpc) is 3.18. The summed E-state index contributed by atoms with van der Waals surface area (Å²) in [5.41, 5.74) is 2.44. The molecule has 0 fully saturated rings. The van der Waals surface area contributed by atoms with Gasteiger partial charge in [-0.3, -0.25) is 4.79 Å². The van der Waals surface area contributed by atoms with Crippen molar-refractivity contribution in [2.45, 2.75) is 13.0 Å². The second kappa shape index (κ2) is 9.83. The molecule has 3 aromatic rings. The van der Waals surface area contributed by atoms with Crippen molar-refractivity contribution in [1.82, 2.24) is 10.2 Å². The summed E-state index contributed by atoms with van der Waals surface area (Å²) in [6, 6.07) is 22.5. The number of thiophene rings is 1. The molecule has 0 saturated heterocycles. The topological polar surface area (TPSA) is 32.3 Å². The first-order chi connectivity index (χ1) is 13.1. The Morgan fingerprint density at radius 2 is 1.78 bits per heavy atom. The molecule has 140 valence electrons. The molecule has 0 aliphatic rings. The molecule has 27 heavy (non-hydrogen) atoms. The molecule has 3 rings (SSSR count). The van der Waals surface area contributed by atoms with Crippen molar-refractivity contribution >= 4 is 33.2 Å². The third-order valence-electron chi connectivity index (χ3n) is 4.26. The molecular weight excluding hydrogens is 420 g/mol. The summed E-state index contributed by atoms with van der Waals surface area (Å²) in [7, 11) is 2.11. The van der Waals surface area contributed by atoms with E-state index in [1.165, 1.54) is 16.9 Å². The minimum absolute atomic E-state index is 0.0118. The standard InChI is InChI=1S/C22H23BrN2OS/c1-25(16-17-8-10-19(23)11-9-17)15-5-14-24-22(26)21-13-12-20(27-21)18-6-3-2-4-7-18/h2-4,6-13H,5,14-16H2,1H3,(H,24,26). The predicted molar refractivity (Wildman–Crippen MR) is 117 cm³/mol. The normalized spacial score (nSPS) is 10.9. The molecule has 0 unspecified atom stereocenters. The zero-order valence-electron chi connectivity index (χ0n) is 15.3. The summed E-state index contributed by atoms with van der Waals surface area (Å²) in [5.74, 6) is 0.0118. The molecule has 1 aromatic heterocycles. The fourth-order valence-electron chi connectivity index (χ4n) is 2.84. The monoisotopic (exact) mass is 442 g/mol. The minimum Gasteiger partial charge on any atom is -0.351 e. The minimum atomic E-state index is 0.0118. The lowest BCUT2D eigenvalue weighted by molar-refractivity contribution is 0.0956. The molecule has 0 bridgehead atoms. The molecule has 1 heterocycles. The van der Waals surface area contributed by atoms with Gasteiger partial charge in [0.25, 0.3) is 5.91 Å². The van der Waals surface area contributed by atoms with Gasteiger partial charge in [-0.2, -0.15) is 0 Å². The van der Waals surface area contributed by atoms with Crippen molar-refractivity contribution < 1.29 is 4.79 Å². The maximum atomic E-state index is 12.3. The first-order valence-electron chi connectivity index (χ1n) is 8.98. The van der Waals surface area contributed by atoms with Gasteiger partial charge in [0.15, 0.2) is 0 Å². The van der Waals surface area contributed by atoms with Gasteiger partial charge in [0.05, 0.1) is 4.88 Å². The molecule has 1 N–H and O–H groups in total. The van der Waals surface area contributed by atoms with Crippen LogP contribution in [0.4, 0.5) is 0 Å². The van der Waals surface area contributed by atoms with Gasteiger partial charge in [-0.05, 0) is 55.4 Å². The van der Waals surface area contributed by atoms with E-state index in [4.69, 9.17) is 0 Å². The second-order valence-electron chi connectivity index (χ2n) is 6.50. The summed E-state index contributed by atoms with van der Waals surface area (Å²) < 4.78 is 1.10. The lowest BCUT2D eigenvalue weighted by Crippen LogP contribution is -2.27. The predicted octanol–water partition coefficient (Wildman–Crippen LogP) is 5.43. The lowest BCUT2D eigenvalue weighted by atomic mass is 10.2. The van der Waals surface area contributed by atoms with E-state index in [-0.39, 0.29) is 5.91 Å². The van der Waals surface area contributed by atoms with Crippen LogP contribution in [0.1, 0.15) is 21.7 Å². The van der Waals surface area contributed by atoms with Crippen molar-refractivity contribution in [2.75, 3.05) is 20.1 Å². The third kappa shape index (κ3) is 6.03. The Kier molecular flexibility index (Phi) is 7.21. The highest BCUT2D eigenvalue weighted by atomic mass is 79.9.